The van der Waals surface area contributed by atoms with Crippen molar-refractivity contribution in [3.05, 3.63) is 34.9 Å². The van der Waals surface area contributed by atoms with Gasteiger partial charge < -0.3 is 5.32 Å². The Labute approximate surface area is 114 Å². The van der Waals surface area contributed by atoms with E-state index >= 15 is 0 Å². The highest BCUT2D eigenvalue weighted by atomic mass is 15.3. The van der Waals surface area contributed by atoms with Crippen LogP contribution in [0.2, 0.25) is 0 Å². The maximum absolute atomic E-state index is 4.47. The molecule has 1 atom stereocenters. The van der Waals surface area contributed by atoms with E-state index in [1.807, 2.05) is 29.7 Å². The minimum absolute atomic E-state index is 0.321. The molecule has 0 aromatic carbocycles. The average Bonchev–Trinajstić information content (AvgIpc) is 2.85. The predicted octanol–water partition coefficient (Wildman–Crippen LogP) is 1.66. The van der Waals surface area contributed by atoms with Gasteiger partial charge in [0.1, 0.15) is 0 Å². The Balaban J connectivity index is 1.94. The summed E-state index contributed by atoms with van der Waals surface area (Å²) in [5.74, 6) is 0. The summed E-state index contributed by atoms with van der Waals surface area (Å²) >= 11 is 0. The van der Waals surface area contributed by atoms with Crippen LogP contribution in [0.4, 0.5) is 0 Å². The molecule has 0 fully saturated rings. The molecule has 2 aromatic heterocycles. The Kier molecular flexibility index (Phi) is 4.04. The first-order valence-corrected chi connectivity index (χ1v) is 6.71. The monoisotopic (exact) mass is 261 g/mol. The van der Waals surface area contributed by atoms with Crippen LogP contribution in [0.15, 0.2) is 12.3 Å². The summed E-state index contributed by atoms with van der Waals surface area (Å²) < 4.78 is 3.87. The molecule has 104 valence electrons. The van der Waals surface area contributed by atoms with Crippen molar-refractivity contribution in [3.63, 3.8) is 0 Å². The molecule has 0 aliphatic heterocycles. The molecule has 5 heteroatoms. The van der Waals surface area contributed by atoms with Crippen LogP contribution in [0, 0.1) is 13.8 Å². The zero-order valence-electron chi connectivity index (χ0n) is 12.4. The van der Waals surface area contributed by atoms with Gasteiger partial charge in [-0.25, -0.2) is 0 Å². The van der Waals surface area contributed by atoms with Crippen molar-refractivity contribution in [2.75, 3.05) is 6.54 Å². The fourth-order valence-electron chi connectivity index (χ4n) is 2.58. The summed E-state index contributed by atoms with van der Waals surface area (Å²) in [6.45, 7) is 7.32. The Bertz CT molecular complexity index is 552. The van der Waals surface area contributed by atoms with Gasteiger partial charge in [0.25, 0.3) is 0 Å². The van der Waals surface area contributed by atoms with E-state index in [2.05, 4.69) is 42.4 Å². The molecule has 2 heterocycles. The minimum Gasteiger partial charge on any atom is -0.310 e. The number of nitrogens with one attached hydrogen (secondary N) is 1. The molecule has 1 N–H and O–H groups in total. The van der Waals surface area contributed by atoms with E-state index in [9.17, 15) is 0 Å². The maximum atomic E-state index is 4.47. The van der Waals surface area contributed by atoms with Gasteiger partial charge in [0.2, 0.25) is 0 Å². The first-order valence-electron chi connectivity index (χ1n) is 6.71. The summed E-state index contributed by atoms with van der Waals surface area (Å²) in [6, 6.07) is 2.38. The van der Waals surface area contributed by atoms with Crippen LogP contribution in [0.5, 0.6) is 0 Å². The normalized spacial score (nSPS) is 12.9. The SMILES string of the molecule is Cc1nn(C)c(C)c1C(C)NCCc1ccnn1C. The van der Waals surface area contributed by atoms with Gasteiger partial charge in [-0.15, -0.1) is 0 Å². The fraction of sp³-hybridized carbons (Fsp3) is 0.571. The summed E-state index contributed by atoms with van der Waals surface area (Å²) in [4.78, 5) is 0. The van der Waals surface area contributed by atoms with Gasteiger partial charge >= 0.3 is 0 Å². The molecule has 2 aromatic rings. The zero-order valence-corrected chi connectivity index (χ0v) is 12.4. The molecule has 0 spiro atoms. The average molecular weight is 261 g/mol. The minimum atomic E-state index is 0.321. The molecule has 5 nitrogen and oxygen atoms in total. The van der Waals surface area contributed by atoms with Gasteiger partial charge in [0, 0.05) is 56.3 Å². The lowest BCUT2D eigenvalue weighted by atomic mass is 10.1. The van der Waals surface area contributed by atoms with E-state index in [1.54, 1.807) is 0 Å². The van der Waals surface area contributed by atoms with Gasteiger partial charge in [0.15, 0.2) is 0 Å². The molecule has 0 amide bonds. The van der Waals surface area contributed by atoms with Crippen LogP contribution in [0.1, 0.15) is 35.6 Å². The van der Waals surface area contributed by atoms with E-state index in [-0.39, 0.29) is 0 Å². The van der Waals surface area contributed by atoms with E-state index in [0.717, 1.165) is 18.7 Å². The third-order valence-corrected chi connectivity index (χ3v) is 3.75. The molecular weight excluding hydrogens is 238 g/mol. The smallest absolute Gasteiger partial charge is 0.0644 e. The molecular formula is C14H23N5. The first-order chi connectivity index (χ1) is 9.00. The Morgan fingerprint density at radius 2 is 2.00 bits per heavy atom. The van der Waals surface area contributed by atoms with Crippen molar-refractivity contribution in [2.24, 2.45) is 14.1 Å². The van der Waals surface area contributed by atoms with E-state index in [4.69, 9.17) is 0 Å². The standard InChI is InChI=1S/C14H23N5/c1-10(14-11(2)17-18(4)12(14)3)15-8-6-13-7-9-16-19(13)5/h7,9-10,15H,6,8H2,1-5H3. The van der Waals surface area contributed by atoms with Crippen LogP contribution in [-0.2, 0) is 20.5 Å². The van der Waals surface area contributed by atoms with Crippen LogP contribution in [0.3, 0.4) is 0 Å². The number of hydrogen-bond donors (Lipinski definition) is 1. The quantitative estimate of drug-likeness (QED) is 0.890. The van der Waals surface area contributed by atoms with Crippen LogP contribution in [0.25, 0.3) is 0 Å². The topological polar surface area (TPSA) is 47.7 Å². The van der Waals surface area contributed by atoms with Gasteiger partial charge in [-0.3, -0.25) is 9.36 Å². The molecule has 0 saturated heterocycles. The van der Waals surface area contributed by atoms with Crippen molar-refractivity contribution < 1.29 is 0 Å². The second-order valence-electron chi connectivity index (χ2n) is 5.08. The first kappa shape index (κ1) is 13.8. The molecule has 19 heavy (non-hydrogen) atoms. The second-order valence-corrected chi connectivity index (χ2v) is 5.08. The number of nitrogens with zero attached hydrogens (tertiary/aromatic N) is 4. The Hall–Kier alpha value is -1.62. The molecule has 0 aliphatic carbocycles. The number of hydrogen-bond acceptors (Lipinski definition) is 3. The van der Waals surface area contributed by atoms with Crippen molar-refractivity contribution >= 4 is 0 Å². The lowest BCUT2D eigenvalue weighted by Gasteiger charge is -2.14. The third kappa shape index (κ3) is 2.87. The van der Waals surface area contributed by atoms with Crippen LogP contribution in [-0.4, -0.2) is 26.1 Å². The van der Waals surface area contributed by atoms with Crippen molar-refractivity contribution in [1.82, 2.24) is 24.9 Å². The largest absolute Gasteiger partial charge is 0.310 e. The molecule has 0 radical (unpaired) electrons. The highest BCUT2D eigenvalue weighted by molar-refractivity contribution is 5.27. The molecule has 2 rings (SSSR count). The molecule has 1 unspecified atom stereocenters. The number of aryl methyl sites for hydroxylation is 3. The predicted molar refractivity (Wildman–Crippen MR) is 76.0 cm³/mol. The summed E-state index contributed by atoms with van der Waals surface area (Å²) in [5.41, 5.74) is 4.91. The van der Waals surface area contributed by atoms with Crippen molar-refractivity contribution in [1.29, 1.82) is 0 Å². The second kappa shape index (κ2) is 5.57. The molecule has 0 saturated carbocycles. The Morgan fingerprint density at radius 1 is 1.26 bits per heavy atom. The van der Waals surface area contributed by atoms with Crippen LogP contribution >= 0.6 is 0 Å². The van der Waals surface area contributed by atoms with E-state index in [0.29, 0.717) is 6.04 Å². The van der Waals surface area contributed by atoms with E-state index < -0.39 is 0 Å². The summed E-state index contributed by atoms with van der Waals surface area (Å²) in [7, 11) is 3.97. The van der Waals surface area contributed by atoms with Gasteiger partial charge in [0.05, 0.1) is 5.69 Å². The number of aromatic nitrogens is 4. The maximum Gasteiger partial charge on any atom is 0.0644 e. The van der Waals surface area contributed by atoms with Gasteiger partial charge in [-0.05, 0) is 26.8 Å². The number of rotatable bonds is 5. The van der Waals surface area contributed by atoms with Gasteiger partial charge in [-0.1, -0.05) is 0 Å². The highest BCUT2D eigenvalue weighted by Gasteiger charge is 2.15. The molecule has 0 bridgehead atoms. The fourth-order valence-corrected chi connectivity index (χ4v) is 2.58. The Morgan fingerprint density at radius 3 is 2.53 bits per heavy atom. The van der Waals surface area contributed by atoms with Crippen molar-refractivity contribution in [3.8, 4) is 0 Å². The van der Waals surface area contributed by atoms with Crippen LogP contribution < -0.4 is 5.32 Å². The molecule has 0 aliphatic rings. The third-order valence-electron chi connectivity index (χ3n) is 3.75. The zero-order chi connectivity index (χ0) is 14.0. The highest BCUT2D eigenvalue weighted by Crippen LogP contribution is 2.20. The van der Waals surface area contributed by atoms with Crippen molar-refractivity contribution in [2.45, 2.75) is 33.2 Å². The van der Waals surface area contributed by atoms with E-state index in [1.165, 1.54) is 17.0 Å². The summed E-state index contributed by atoms with van der Waals surface area (Å²) in [6.07, 6.45) is 2.83. The lowest BCUT2D eigenvalue weighted by Crippen LogP contribution is -2.23. The summed E-state index contributed by atoms with van der Waals surface area (Å²) in [5, 5.41) is 12.2. The lowest BCUT2D eigenvalue weighted by molar-refractivity contribution is 0.559. The van der Waals surface area contributed by atoms with Gasteiger partial charge in [-0.2, -0.15) is 10.2 Å².